The first-order valence-corrected chi connectivity index (χ1v) is 9.65. The summed E-state index contributed by atoms with van der Waals surface area (Å²) in [6.07, 6.45) is 3.80. The number of carbonyl (C=O) groups is 2. The molecule has 4 rings (SSSR count). The fourth-order valence-electron chi connectivity index (χ4n) is 3.75. The minimum Gasteiger partial charge on any atom is -0.481 e. The lowest BCUT2D eigenvalue weighted by molar-refractivity contribution is -0.144. The van der Waals surface area contributed by atoms with Gasteiger partial charge in [0.25, 0.3) is 5.91 Å². The third-order valence-corrected chi connectivity index (χ3v) is 5.48. The highest BCUT2D eigenvalue weighted by Crippen LogP contribution is 2.31. The second-order valence-corrected chi connectivity index (χ2v) is 7.78. The van der Waals surface area contributed by atoms with Crippen LogP contribution in [0, 0.1) is 29.3 Å². The Morgan fingerprint density at radius 2 is 1.87 bits per heavy atom. The van der Waals surface area contributed by atoms with Crippen LogP contribution in [-0.4, -0.2) is 62.6 Å². The number of amides is 1. The number of aliphatic carboxylic acids is 1. The van der Waals surface area contributed by atoms with E-state index in [2.05, 4.69) is 20.5 Å². The molecule has 2 aliphatic rings. The van der Waals surface area contributed by atoms with E-state index in [9.17, 15) is 27.9 Å². The Morgan fingerprint density at radius 1 is 1.17 bits per heavy atom. The Hall–Kier alpha value is -2.95. The van der Waals surface area contributed by atoms with E-state index in [-0.39, 0.29) is 5.69 Å². The van der Waals surface area contributed by atoms with Crippen LogP contribution in [0.3, 0.4) is 0 Å². The average molecular weight is 423 g/mol. The summed E-state index contributed by atoms with van der Waals surface area (Å²) in [5, 5.41) is 19.4. The van der Waals surface area contributed by atoms with Crippen molar-refractivity contribution < 1.29 is 27.9 Å². The van der Waals surface area contributed by atoms with Crippen LogP contribution in [0.4, 0.5) is 13.2 Å². The molecule has 8 nitrogen and oxygen atoms in total. The van der Waals surface area contributed by atoms with Gasteiger partial charge in [-0.25, -0.2) is 17.9 Å². The van der Waals surface area contributed by atoms with Gasteiger partial charge in [-0.15, -0.1) is 5.10 Å². The molecule has 0 unspecified atom stereocenters. The fourth-order valence-corrected chi connectivity index (χ4v) is 3.75. The van der Waals surface area contributed by atoms with Crippen LogP contribution in [-0.2, 0) is 4.79 Å². The topological polar surface area (TPSA) is 100 Å². The molecular weight excluding hydrogens is 403 g/mol. The van der Waals surface area contributed by atoms with Crippen LogP contribution in [0.1, 0.15) is 29.8 Å². The van der Waals surface area contributed by atoms with E-state index in [0.29, 0.717) is 42.2 Å². The highest BCUT2D eigenvalue weighted by molar-refractivity contribution is 5.92. The molecule has 1 aliphatic heterocycles. The molecule has 1 saturated carbocycles. The molecule has 1 saturated heterocycles. The number of piperidine rings is 1. The van der Waals surface area contributed by atoms with Gasteiger partial charge < -0.3 is 15.3 Å². The first-order chi connectivity index (χ1) is 14.3. The van der Waals surface area contributed by atoms with Crippen LogP contribution in [0.5, 0.6) is 0 Å². The van der Waals surface area contributed by atoms with Crippen molar-refractivity contribution in [3.63, 3.8) is 0 Å². The minimum atomic E-state index is -1.20. The Morgan fingerprint density at radius 3 is 2.50 bits per heavy atom. The molecule has 2 atom stereocenters. The molecule has 2 heterocycles. The van der Waals surface area contributed by atoms with Gasteiger partial charge in [0.15, 0.2) is 17.3 Å². The van der Waals surface area contributed by atoms with Crippen molar-refractivity contribution in [2.75, 3.05) is 19.6 Å². The van der Waals surface area contributed by atoms with Crippen molar-refractivity contribution in [3.8, 4) is 5.69 Å². The molecule has 0 spiro atoms. The lowest BCUT2D eigenvalue weighted by Gasteiger charge is -2.36. The maximum atomic E-state index is 13.9. The molecule has 1 aromatic carbocycles. The Labute approximate surface area is 169 Å². The lowest BCUT2D eigenvalue weighted by atomic mass is 9.91. The average Bonchev–Trinajstić information content (AvgIpc) is 3.35. The maximum absolute atomic E-state index is 13.9. The Kier molecular flexibility index (Phi) is 5.46. The van der Waals surface area contributed by atoms with Crippen molar-refractivity contribution in [1.82, 2.24) is 25.2 Å². The zero-order valence-electron chi connectivity index (χ0n) is 15.9. The van der Waals surface area contributed by atoms with Gasteiger partial charge in [0, 0.05) is 37.8 Å². The number of aromatic nitrogens is 3. The monoisotopic (exact) mass is 423 g/mol. The SMILES string of the molecule is O=C(N[C@H]1CCN(CC2CC2)C[C@@H]1C(=O)O)c1cn(-c2c(F)cc(F)cc2F)nn1. The fraction of sp³-hybridized carbons (Fsp3) is 0.474. The summed E-state index contributed by atoms with van der Waals surface area (Å²) < 4.78 is 41.6. The van der Waals surface area contributed by atoms with Gasteiger partial charge in [0.2, 0.25) is 0 Å². The van der Waals surface area contributed by atoms with Gasteiger partial charge in [-0.1, -0.05) is 5.21 Å². The highest BCUT2D eigenvalue weighted by atomic mass is 19.1. The summed E-state index contributed by atoms with van der Waals surface area (Å²) in [7, 11) is 0. The van der Waals surface area contributed by atoms with E-state index >= 15 is 0 Å². The van der Waals surface area contributed by atoms with E-state index < -0.39 is 47.0 Å². The zero-order valence-corrected chi connectivity index (χ0v) is 15.9. The number of carboxylic acids is 1. The number of hydrogen-bond donors (Lipinski definition) is 2. The molecule has 1 aliphatic carbocycles. The number of carbonyl (C=O) groups excluding carboxylic acids is 1. The van der Waals surface area contributed by atoms with E-state index in [1.54, 1.807) is 0 Å². The van der Waals surface area contributed by atoms with Crippen molar-refractivity contribution in [3.05, 3.63) is 41.5 Å². The predicted octanol–water partition coefficient (Wildman–Crippen LogP) is 1.60. The van der Waals surface area contributed by atoms with Crippen LogP contribution >= 0.6 is 0 Å². The third-order valence-electron chi connectivity index (χ3n) is 5.48. The minimum absolute atomic E-state index is 0.234. The molecule has 11 heteroatoms. The zero-order chi connectivity index (χ0) is 21.4. The summed E-state index contributed by atoms with van der Waals surface area (Å²) in [6.45, 7) is 1.88. The number of benzene rings is 1. The molecule has 0 bridgehead atoms. The Balaban J connectivity index is 1.46. The van der Waals surface area contributed by atoms with Crippen LogP contribution in [0.2, 0.25) is 0 Å². The van der Waals surface area contributed by atoms with Gasteiger partial charge in [-0.05, 0) is 25.2 Å². The van der Waals surface area contributed by atoms with Gasteiger partial charge in [-0.2, -0.15) is 0 Å². The molecule has 160 valence electrons. The lowest BCUT2D eigenvalue weighted by Crippen LogP contribution is -2.54. The molecule has 2 N–H and O–H groups in total. The van der Waals surface area contributed by atoms with Crippen molar-refractivity contribution in [1.29, 1.82) is 0 Å². The second-order valence-electron chi connectivity index (χ2n) is 7.78. The number of nitrogens with zero attached hydrogens (tertiary/aromatic N) is 4. The molecule has 1 aromatic heterocycles. The summed E-state index contributed by atoms with van der Waals surface area (Å²) in [4.78, 5) is 26.3. The summed E-state index contributed by atoms with van der Waals surface area (Å²) in [5.41, 5.74) is -0.901. The van der Waals surface area contributed by atoms with Crippen LogP contribution in [0.15, 0.2) is 18.3 Å². The first kappa shape index (κ1) is 20.3. The maximum Gasteiger partial charge on any atom is 0.309 e. The van der Waals surface area contributed by atoms with E-state index in [0.717, 1.165) is 12.7 Å². The summed E-state index contributed by atoms with van der Waals surface area (Å²) >= 11 is 0. The molecule has 1 amide bonds. The molecule has 2 aromatic rings. The van der Waals surface area contributed by atoms with E-state index in [4.69, 9.17) is 0 Å². The molecule has 30 heavy (non-hydrogen) atoms. The molecule has 2 fully saturated rings. The summed E-state index contributed by atoms with van der Waals surface area (Å²) in [5.74, 6) is -5.32. The summed E-state index contributed by atoms with van der Waals surface area (Å²) in [6, 6.07) is 0.384. The predicted molar refractivity (Wildman–Crippen MR) is 97.4 cm³/mol. The third kappa shape index (κ3) is 4.30. The van der Waals surface area contributed by atoms with Crippen molar-refractivity contribution >= 4 is 11.9 Å². The smallest absolute Gasteiger partial charge is 0.309 e. The number of hydrogen-bond acceptors (Lipinski definition) is 5. The largest absolute Gasteiger partial charge is 0.481 e. The Bertz CT molecular complexity index is 955. The van der Waals surface area contributed by atoms with Gasteiger partial charge >= 0.3 is 5.97 Å². The second kappa shape index (κ2) is 8.05. The molecular formula is C19H20F3N5O3. The van der Waals surface area contributed by atoms with E-state index in [1.165, 1.54) is 12.8 Å². The standard InChI is InChI=1S/C19H20F3N5O3/c20-11-5-13(21)17(14(22)6-11)27-9-16(24-25-27)18(28)23-15-3-4-26(7-10-1-2-10)8-12(15)19(29)30/h5-6,9-10,12,15H,1-4,7-8H2,(H,23,28)(H,29,30)/t12-,15-/m0/s1. The highest BCUT2D eigenvalue weighted by Gasteiger charge is 2.37. The number of halogens is 3. The number of likely N-dealkylation sites (tertiary alicyclic amines) is 1. The van der Waals surface area contributed by atoms with Gasteiger partial charge in [0.1, 0.15) is 11.5 Å². The first-order valence-electron chi connectivity index (χ1n) is 9.65. The quantitative estimate of drug-likeness (QED) is 0.732. The van der Waals surface area contributed by atoms with Gasteiger partial charge in [0.05, 0.1) is 12.1 Å². The molecule has 0 radical (unpaired) electrons. The van der Waals surface area contributed by atoms with E-state index in [1.807, 2.05) is 0 Å². The van der Waals surface area contributed by atoms with Gasteiger partial charge in [-0.3, -0.25) is 9.59 Å². The number of carboxylic acid groups (broad SMARTS) is 1. The van der Waals surface area contributed by atoms with Crippen molar-refractivity contribution in [2.24, 2.45) is 11.8 Å². The van der Waals surface area contributed by atoms with Crippen LogP contribution < -0.4 is 5.32 Å². The number of rotatable bonds is 6. The number of nitrogens with one attached hydrogen (secondary N) is 1. The normalized spacial score (nSPS) is 22.1. The van der Waals surface area contributed by atoms with Crippen molar-refractivity contribution in [2.45, 2.75) is 25.3 Å². The van der Waals surface area contributed by atoms with Crippen LogP contribution in [0.25, 0.3) is 5.69 Å².